The molecule has 0 fully saturated rings. The molecule has 0 aliphatic heterocycles. The molecule has 0 heterocycles. The first-order valence-corrected chi connectivity index (χ1v) is 18.3. The summed E-state index contributed by atoms with van der Waals surface area (Å²) in [5.41, 5.74) is 7.51. The highest BCUT2D eigenvalue weighted by Gasteiger charge is 2.35. The van der Waals surface area contributed by atoms with E-state index in [-0.39, 0.29) is 17.0 Å². The number of nitrogens with zero attached hydrogens (tertiary/aromatic N) is 1. The van der Waals surface area contributed by atoms with E-state index in [1.807, 2.05) is 0 Å². The molecule has 0 aromatic heterocycles. The molecule has 0 aliphatic rings. The average Bonchev–Trinajstić information content (AvgIpc) is 3.03. The summed E-state index contributed by atoms with van der Waals surface area (Å²) in [6.45, 7) is 7.06. The van der Waals surface area contributed by atoms with Gasteiger partial charge < -0.3 is 21.9 Å². The fraction of sp³-hybridized carbons (Fsp3) is 0.333. The first-order valence-electron chi connectivity index (χ1n) is 15.8. The van der Waals surface area contributed by atoms with Gasteiger partial charge in [0.1, 0.15) is 0 Å². The van der Waals surface area contributed by atoms with Crippen LogP contribution in [0, 0.1) is 0 Å². The van der Waals surface area contributed by atoms with E-state index < -0.39 is 7.26 Å². The molecule has 0 saturated heterocycles. The maximum atomic E-state index is 2.40. The van der Waals surface area contributed by atoms with Crippen molar-refractivity contribution in [2.75, 3.05) is 23.4 Å². The molecule has 0 N–H and O–H groups in total. The molecule has 0 atom stereocenters. The number of hydrogen-bond donors (Lipinski definition) is 0. The second kappa shape index (κ2) is 18.1. The fourth-order valence-electron chi connectivity index (χ4n) is 5.70. The van der Waals surface area contributed by atoms with Crippen molar-refractivity contribution in [1.82, 2.24) is 0 Å². The molecule has 3 heteroatoms. The van der Waals surface area contributed by atoms with E-state index in [1.54, 1.807) is 5.56 Å². The Morgan fingerprint density at radius 3 is 1.29 bits per heavy atom. The molecule has 0 saturated carbocycles. The lowest BCUT2D eigenvalue weighted by Crippen LogP contribution is -3.00. The zero-order chi connectivity index (χ0) is 28.8. The summed E-state index contributed by atoms with van der Waals surface area (Å²) in [7, 11) is -0.926. The minimum Gasteiger partial charge on any atom is -1.00 e. The Kier molecular flexibility index (Phi) is 14.6. The summed E-state index contributed by atoms with van der Waals surface area (Å²) in [6.07, 6.45) is 18.4. The Bertz CT molecular complexity index is 1240. The van der Waals surface area contributed by atoms with E-state index >= 15 is 0 Å². The molecule has 1 nitrogen and oxygen atoms in total. The van der Waals surface area contributed by atoms with E-state index in [2.05, 4.69) is 147 Å². The Labute approximate surface area is 267 Å². The summed E-state index contributed by atoms with van der Waals surface area (Å²) in [6, 6.07) is 39.5. The predicted octanol–water partition coefficient (Wildman–Crippen LogP) is 9.25. The molecule has 0 amide bonds. The second-order valence-corrected chi connectivity index (χ2v) is 15.7. The van der Waals surface area contributed by atoms with Crippen LogP contribution in [-0.2, 0) is 6.16 Å². The van der Waals surface area contributed by atoms with Gasteiger partial charge in [0.05, 0.1) is 24.6 Å². The standard InChI is InChI=1S/C39H49NP.BrH/c1-4-7-30-41(31-8-5-2,32-9-6-3)33-36-24-22-34(23-25-36)20-21-35-26-28-39(29-27-35)40(37-16-12-10-13-17-37)38-18-14-11-15-19-38;/h10-29H,4-9,30-33H2,1-3H3;1H/q+1;/p-1. The normalized spacial score (nSPS) is 11.4. The van der Waals surface area contributed by atoms with Gasteiger partial charge in [-0.05, 0) is 72.4 Å². The third-order valence-electron chi connectivity index (χ3n) is 8.10. The predicted molar refractivity (Wildman–Crippen MR) is 186 cm³/mol. The Balaban J connectivity index is 0.00000484. The molecule has 0 spiro atoms. The van der Waals surface area contributed by atoms with Crippen molar-refractivity contribution >= 4 is 36.5 Å². The highest BCUT2D eigenvalue weighted by atomic mass is 79.9. The topological polar surface area (TPSA) is 3.24 Å². The van der Waals surface area contributed by atoms with Gasteiger partial charge in [-0.1, -0.05) is 125 Å². The van der Waals surface area contributed by atoms with Gasteiger partial charge in [-0.15, -0.1) is 0 Å². The van der Waals surface area contributed by atoms with Gasteiger partial charge in [0.2, 0.25) is 0 Å². The van der Waals surface area contributed by atoms with Crippen LogP contribution in [0.15, 0.2) is 109 Å². The number of hydrogen-bond acceptors (Lipinski definition) is 1. The number of para-hydroxylation sites is 2. The minimum absolute atomic E-state index is 0. The Hall–Kier alpha value is -2.67. The molecule has 222 valence electrons. The molecule has 4 aromatic rings. The van der Waals surface area contributed by atoms with E-state index in [0.29, 0.717) is 0 Å². The summed E-state index contributed by atoms with van der Waals surface area (Å²) in [5.74, 6) is 0. The van der Waals surface area contributed by atoms with Crippen LogP contribution in [-0.4, -0.2) is 18.5 Å². The second-order valence-electron chi connectivity index (χ2n) is 11.4. The summed E-state index contributed by atoms with van der Waals surface area (Å²) in [4.78, 5) is 2.30. The molecule has 0 radical (unpaired) electrons. The van der Waals surface area contributed by atoms with Crippen molar-refractivity contribution in [3.63, 3.8) is 0 Å². The van der Waals surface area contributed by atoms with Gasteiger partial charge in [0.15, 0.2) is 0 Å². The fourth-order valence-corrected chi connectivity index (χ4v) is 10.8. The Morgan fingerprint density at radius 2 is 0.881 bits per heavy atom. The lowest BCUT2D eigenvalue weighted by Gasteiger charge is -2.28. The van der Waals surface area contributed by atoms with Gasteiger partial charge in [0.25, 0.3) is 0 Å². The molecule has 0 aliphatic carbocycles. The molecule has 4 rings (SSSR count). The van der Waals surface area contributed by atoms with Gasteiger partial charge in [0, 0.05) is 24.3 Å². The third-order valence-corrected chi connectivity index (χ3v) is 12.9. The molecule has 42 heavy (non-hydrogen) atoms. The van der Waals surface area contributed by atoms with E-state index in [4.69, 9.17) is 0 Å². The molecular formula is C39H49BrNP. The first-order chi connectivity index (χ1) is 20.2. The number of halogens is 1. The zero-order valence-corrected chi connectivity index (χ0v) is 28.4. The number of anilines is 3. The summed E-state index contributed by atoms with van der Waals surface area (Å²) < 4.78 is 0. The lowest BCUT2D eigenvalue weighted by atomic mass is 10.1. The highest BCUT2D eigenvalue weighted by Crippen LogP contribution is 2.63. The monoisotopic (exact) mass is 641 g/mol. The average molecular weight is 643 g/mol. The van der Waals surface area contributed by atoms with Crippen LogP contribution in [0.5, 0.6) is 0 Å². The third kappa shape index (κ3) is 9.96. The highest BCUT2D eigenvalue weighted by molar-refractivity contribution is 7.75. The van der Waals surface area contributed by atoms with Crippen LogP contribution in [0.1, 0.15) is 76.0 Å². The molecular weight excluding hydrogens is 593 g/mol. The SMILES string of the molecule is CCCC[P+](CCCC)(CCCC)Cc1ccc(C=Cc2ccc(N(c3ccccc3)c3ccccc3)cc2)cc1.[Br-]. The summed E-state index contributed by atoms with van der Waals surface area (Å²) >= 11 is 0. The maximum absolute atomic E-state index is 2.40. The molecule has 0 unspecified atom stereocenters. The van der Waals surface area contributed by atoms with Gasteiger partial charge in [-0.3, -0.25) is 0 Å². The quantitative estimate of drug-likeness (QED) is 0.0870. The largest absolute Gasteiger partial charge is 1.00 e. The van der Waals surface area contributed by atoms with Crippen LogP contribution in [0.3, 0.4) is 0 Å². The number of rotatable bonds is 16. The van der Waals surface area contributed by atoms with Crippen molar-refractivity contribution < 1.29 is 17.0 Å². The Morgan fingerprint density at radius 1 is 0.500 bits per heavy atom. The van der Waals surface area contributed by atoms with E-state index in [0.717, 1.165) is 17.1 Å². The molecule has 4 aromatic carbocycles. The van der Waals surface area contributed by atoms with Crippen LogP contribution in [0.25, 0.3) is 12.2 Å². The maximum Gasteiger partial charge on any atom is 0.0842 e. The van der Waals surface area contributed by atoms with E-state index in [1.165, 1.54) is 74.3 Å². The number of benzene rings is 4. The van der Waals surface area contributed by atoms with Crippen molar-refractivity contribution in [3.8, 4) is 0 Å². The van der Waals surface area contributed by atoms with Crippen LogP contribution < -0.4 is 21.9 Å². The van der Waals surface area contributed by atoms with E-state index in [9.17, 15) is 0 Å². The van der Waals surface area contributed by atoms with Crippen molar-refractivity contribution in [2.24, 2.45) is 0 Å². The van der Waals surface area contributed by atoms with Crippen LogP contribution in [0.2, 0.25) is 0 Å². The van der Waals surface area contributed by atoms with Gasteiger partial charge in [-0.25, -0.2) is 0 Å². The van der Waals surface area contributed by atoms with Crippen molar-refractivity contribution in [1.29, 1.82) is 0 Å². The zero-order valence-electron chi connectivity index (χ0n) is 25.9. The van der Waals surface area contributed by atoms with Gasteiger partial charge in [-0.2, -0.15) is 0 Å². The lowest BCUT2D eigenvalue weighted by molar-refractivity contribution is -0.00000841. The molecule has 0 bridgehead atoms. The number of unbranched alkanes of at least 4 members (excludes halogenated alkanes) is 3. The van der Waals surface area contributed by atoms with Crippen molar-refractivity contribution in [3.05, 3.63) is 126 Å². The first kappa shape index (κ1) is 33.8. The van der Waals surface area contributed by atoms with Crippen LogP contribution in [0.4, 0.5) is 17.1 Å². The smallest absolute Gasteiger partial charge is 0.0842 e. The van der Waals surface area contributed by atoms with Crippen LogP contribution >= 0.6 is 7.26 Å². The minimum atomic E-state index is -0.926. The summed E-state index contributed by atoms with van der Waals surface area (Å²) in [5, 5.41) is 0. The van der Waals surface area contributed by atoms with Gasteiger partial charge >= 0.3 is 0 Å². The van der Waals surface area contributed by atoms with Crippen molar-refractivity contribution in [2.45, 2.75) is 65.5 Å².